The van der Waals surface area contributed by atoms with Gasteiger partial charge in [-0.05, 0) is 37.8 Å². The number of esters is 1. The lowest BCUT2D eigenvalue weighted by Crippen LogP contribution is -2.05. The first-order chi connectivity index (χ1) is 8.31. The molecule has 17 heavy (non-hydrogen) atoms. The first kappa shape index (κ1) is 10.3. The van der Waals surface area contributed by atoms with Crippen LogP contribution in [0.25, 0.3) is 5.65 Å². The minimum Gasteiger partial charge on any atom is -0.462 e. The van der Waals surface area contributed by atoms with Gasteiger partial charge in [-0.25, -0.2) is 9.78 Å². The van der Waals surface area contributed by atoms with Crippen molar-refractivity contribution in [1.82, 2.24) is 9.38 Å². The lowest BCUT2D eigenvalue weighted by molar-refractivity contribution is 0.0528. The van der Waals surface area contributed by atoms with Crippen LogP contribution in [0, 0.1) is 0 Å². The van der Waals surface area contributed by atoms with E-state index in [9.17, 15) is 4.79 Å². The molecule has 1 aliphatic carbocycles. The lowest BCUT2D eigenvalue weighted by Gasteiger charge is -2.04. The third-order valence-electron chi connectivity index (χ3n) is 3.07. The highest BCUT2D eigenvalue weighted by Gasteiger charge is 2.26. The summed E-state index contributed by atoms with van der Waals surface area (Å²) in [5.41, 5.74) is 2.49. The van der Waals surface area contributed by atoms with Crippen molar-refractivity contribution in [1.29, 1.82) is 0 Å². The Kier molecular flexibility index (Phi) is 2.35. The van der Waals surface area contributed by atoms with Gasteiger partial charge in [0, 0.05) is 18.1 Å². The van der Waals surface area contributed by atoms with E-state index in [1.165, 1.54) is 18.5 Å². The van der Waals surface area contributed by atoms with E-state index in [2.05, 4.69) is 4.98 Å². The Morgan fingerprint density at radius 2 is 2.35 bits per heavy atom. The maximum atomic E-state index is 11.7. The third-order valence-corrected chi connectivity index (χ3v) is 3.07. The fraction of sp³-hybridized carbons (Fsp3) is 0.385. The zero-order valence-electron chi connectivity index (χ0n) is 9.72. The number of aromatic nitrogens is 2. The van der Waals surface area contributed by atoms with Crippen LogP contribution in [-0.2, 0) is 4.74 Å². The zero-order chi connectivity index (χ0) is 11.8. The van der Waals surface area contributed by atoms with Crippen LogP contribution in [0.15, 0.2) is 24.5 Å². The first-order valence-corrected chi connectivity index (χ1v) is 5.94. The standard InChI is InChI=1S/C13H14N2O2/c1-2-17-13(16)10-6-8-15-11(9-3-4-9)5-7-14-12(10)15/h5-9H,2-4H2,1H3. The van der Waals surface area contributed by atoms with Gasteiger partial charge in [-0.3, -0.25) is 0 Å². The van der Waals surface area contributed by atoms with Gasteiger partial charge in [-0.1, -0.05) is 0 Å². The minimum absolute atomic E-state index is 0.296. The van der Waals surface area contributed by atoms with Gasteiger partial charge in [0.25, 0.3) is 0 Å². The predicted octanol–water partition coefficient (Wildman–Crippen LogP) is 2.39. The van der Waals surface area contributed by atoms with Crippen molar-refractivity contribution in [3.8, 4) is 0 Å². The fourth-order valence-electron chi connectivity index (χ4n) is 2.11. The average Bonchev–Trinajstić information content (AvgIpc) is 3.07. The number of fused-ring (bicyclic) bond motifs is 1. The molecule has 2 aromatic heterocycles. The summed E-state index contributed by atoms with van der Waals surface area (Å²) in [5, 5.41) is 0. The van der Waals surface area contributed by atoms with E-state index in [1.807, 2.05) is 16.7 Å². The molecule has 0 unspecified atom stereocenters. The predicted molar refractivity (Wildman–Crippen MR) is 63.1 cm³/mol. The number of rotatable bonds is 3. The second-order valence-electron chi connectivity index (χ2n) is 4.29. The number of carbonyl (C=O) groups is 1. The van der Waals surface area contributed by atoms with E-state index >= 15 is 0 Å². The van der Waals surface area contributed by atoms with E-state index in [4.69, 9.17) is 4.74 Å². The Labute approximate surface area is 99.2 Å². The Morgan fingerprint density at radius 3 is 3.06 bits per heavy atom. The van der Waals surface area contributed by atoms with Gasteiger partial charge >= 0.3 is 5.97 Å². The van der Waals surface area contributed by atoms with E-state index in [0.29, 0.717) is 23.7 Å². The molecule has 88 valence electrons. The molecule has 4 nitrogen and oxygen atoms in total. The summed E-state index contributed by atoms with van der Waals surface area (Å²) >= 11 is 0. The Balaban J connectivity index is 2.09. The fourth-order valence-corrected chi connectivity index (χ4v) is 2.11. The van der Waals surface area contributed by atoms with Crippen molar-refractivity contribution in [3.05, 3.63) is 35.8 Å². The van der Waals surface area contributed by atoms with Crippen molar-refractivity contribution in [2.45, 2.75) is 25.7 Å². The topological polar surface area (TPSA) is 43.6 Å². The monoisotopic (exact) mass is 230 g/mol. The molecule has 1 fully saturated rings. The highest BCUT2D eigenvalue weighted by Crippen LogP contribution is 2.40. The molecule has 0 aliphatic heterocycles. The van der Waals surface area contributed by atoms with Crippen LogP contribution in [0.5, 0.6) is 0 Å². The normalized spacial score (nSPS) is 15.1. The molecule has 0 amide bonds. The molecule has 2 heterocycles. The van der Waals surface area contributed by atoms with Crippen molar-refractivity contribution in [3.63, 3.8) is 0 Å². The zero-order valence-corrected chi connectivity index (χ0v) is 9.72. The highest BCUT2D eigenvalue weighted by atomic mass is 16.5. The van der Waals surface area contributed by atoms with Crippen LogP contribution in [0.3, 0.4) is 0 Å². The van der Waals surface area contributed by atoms with Gasteiger partial charge in [-0.15, -0.1) is 0 Å². The SMILES string of the molecule is CCOC(=O)c1ccn2c(C3CC3)ccnc12. The number of hydrogen-bond donors (Lipinski definition) is 0. The molecule has 1 aliphatic rings. The van der Waals surface area contributed by atoms with Crippen LogP contribution in [-0.4, -0.2) is 22.0 Å². The Hall–Kier alpha value is -1.84. The minimum atomic E-state index is -0.296. The van der Waals surface area contributed by atoms with E-state index < -0.39 is 0 Å². The molecule has 4 heteroatoms. The van der Waals surface area contributed by atoms with Crippen LogP contribution in [0.2, 0.25) is 0 Å². The average molecular weight is 230 g/mol. The van der Waals surface area contributed by atoms with E-state index in [1.54, 1.807) is 19.2 Å². The number of carbonyl (C=O) groups excluding carboxylic acids is 1. The summed E-state index contributed by atoms with van der Waals surface area (Å²) < 4.78 is 7.02. The van der Waals surface area contributed by atoms with Crippen molar-refractivity contribution in [2.24, 2.45) is 0 Å². The van der Waals surface area contributed by atoms with Crippen LogP contribution in [0.4, 0.5) is 0 Å². The van der Waals surface area contributed by atoms with Crippen LogP contribution < -0.4 is 0 Å². The van der Waals surface area contributed by atoms with Gasteiger partial charge in [0.1, 0.15) is 5.56 Å². The largest absolute Gasteiger partial charge is 0.462 e. The van der Waals surface area contributed by atoms with Crippen LogP contribution >= 0.6 is 0 Å². The molecule has 3 rings (SSSR count). The molecular formula is C13H14N2O2. The second-order valence-corrected chi connectivity index (χ2v) is 4.29. The van der Waals surface area contributed by atoms with E-state index in [-0.39, 0.29) is 5.97 Å². The quantitative estimate of drug-likeness (QED) is 0.760. The molecular weight excluding hydrogens is 216 g/mol. The molecule has 0 spiro atoms. The molecule has 0 saturated heterocycles. The molecule has 2 aromatic rings. The number of nitrogens with zero attached hydrogens (tertiary/aromatic N) is 2. The lowest BCUT2D eigenvalue weighted by atomic mass is 10.2. The van der Waals surface area contributed by atoms with Crippen LogP contribution in [0.1, 0.15) is 41.7 Å². The first-order valence-electron chi connectivity index (χ1n) is 5.94. The third kappa shape index (κ3) is 1.69. The van der Waals surface area contributed by atoms with Gasteiger partial charge in [-0.2, -0.15) is 0 Å². The smallest absolute Gasteiger partial charge is 0.341 e. The van der Waals surface area contributed by atoms with Crippen molar-refractivity contribution in [2.75, 3.05) is 6.61 Å². The van der Waals surface area contributed by atoms with Gasteiger partial charge in [0.15, 0.2) is 5.65 Å². The summed E-state index contributed by atoms with van der Waals surface area (Å²) in [7, 11) is 0. The van der Waals surface area contributed by atoms with Crippen molar-refractivity contribution >= 4 is 11.6 Å². The summed E-state index contributed by atoms with van der Waals surface area (Å²) in [4.78, 5) is 16.0. The molecule has 0 radical (unpaired) electrons. The summed E-state index contributed by atoms with van der Waals surface area (Å²) in [6, 6.07) is 3.81. The van der Waals surface area contributed by atoms with Gasteiger partial charge in [0.2, 0.25) is 0 Å². The molecule has 0 atom stereocenters. The maximum Gasteiger partial charge on any atom is 0.341 e. The molecule has 0 N–H and O–H groups in total. The van der Waals surface area contributed by atoms with Crippen molar-refractivity contribution < 1.29 is 9.53 Å². The van der Waals surface area contributed by atoms with E-state index in [0.717, 1.165) is 0 Å². The Bertz CT molecular complexity index is 570. The molecule has 0 aromatic carbocycles. The molecule has 0 bridgehead atoms. The summed E-state index contributed by atoms with van der Waals surface area (Å²) in [5.74, 6) is 0.332. The summed E-state index contributed by atoms with van der Waals surface area (Å²) in [6.07, 6.45) is 6.13. The Morgan fingerprint density at radius 1 is 1.53 bits per heavy atom. The molecule has 1 saturated carbocycles. The summed E-state index contributed by atoms with van der Waals surface area (Å²) in [6.45, 7) is 2.19. The highest BCUT2D eigenvalue weighted by molar-refractivity contribution is 5.96. The second kappa shape index (κ2) is 3.87. The number of ether oxygens (including phenoxy) is 1. The van der Waals surface area contributed by atoms with Gasteiger partial charge in [0.05, 0.1) is 6.61 Å². The number of hydrogen-bond acceptors (Lipinski definition) is 3. The van der Waals surface area contributed by atoms with Gasteiger partial charge < -0.3 is 9.14 Å². The maximum absolute atomic E-state index is 11.7.